The molecule has 18 heavy (non-hydrogen) atoms. The number of carbonyl (C=O) groups is 1. The fourth-order valence-corrected chi connectivity index (χ4v) is 1.87. The first-order valence-electron chi connectivity index (χ1n) is 5.72. The van der Waals surface area contributed by atoms with Gasteiger partial charge in [0.15, 0.2) is 5.78 Å². The summed E-state index contributed by atoms with van der Waals surface area (Å²) < 4.78 is 1.73. The third kappa shape index (κ3) is 2.73. The van der Waals surface area contributed by atoms with E-state index in [1.54, 1.807) is 23.0 Å². The Hall–Kier alpha value is -1.75. The average Bonchev–Trinajstić information content (AvgIpc) is 2.78. The molecule has 6 heteroatoms. The van der Waals surface area contributed by atoms with Crippen LogP contribution in [0.15, 0.2) is 24.7 Å². The zero-order valence-electron chi connectivity index (χ0n) is 10.0. The van der Waals surface area contributed by atoms with Crippen LogP contribution in [0, 0.1) is 0 Å². The van der Waals surface area contributed by atoms with Crippen molar-refractivity contribution < 1.29 is 4.79 Å². The van der Waals surface area contributed by atoms with Crippen molar-refractivity contribution in [2.24, 2.45) is 0 Å². The zero-order chi connectivity index (χ0) is 13.0. The third-order valence-electron chi connectivity index (χ3n) is 2.47. The van der Waals surface area contributed by atoms with Crippen molar-refractivity contribution in [1.82, 2.24) is 19.7 Å². The molecular formula is C12H13ClN4O. The van der Waals surface area contributed by atoms with Crippen LogP contribution < -0.4 is 0 Å². The highest BCUT2D eigenvalue weighted by atomic mass is 35.5. The van der Waals surface area contributed by atoms with E-state index < -0.39 is 0 Å². The van der Waals surface area contributed by atoms with E-state index in [1.807, 2.05) is 6.92 Å². The first kappa shape index (κ1) is 12.7. The molecule has 0 bridgehead atoms. The van der Waals surface area contributed by atoms with E-state index in [0.29, 0.717) is 10.8 Å². The van der Waals surface area contributed by atoms with E-state index in [0.717, 1.165) is 13.0 Å². The number of rotatable bonds is 5. The summed E-state index contributed by atoms with van der Waals surface area (Å²) in [5.41, 5.74) is 0.283. The molecular weight excluding hydrogens is 252 g/mol. The monoisotopic (exact) mass is 264 g/mol. The van der Waals surface area contributed by atoms with Crippen LogP contribution in [-0.4, -0.2) is 25.5 Å². The summed E-state index contributed by atoms with van der Waals surface area (Å²) in [4.78, 5) is 20.1. The highest BCUT2D eigenvalue weighted by Crippen LogP contribution is 2.14. The highest BCUT2D eigenvalue weighted by molar-refractivity contribution is 6.33. The molecule has 0 fully saturated rings. The predicted molar refractivity (Wildman–Crippen MR) is 67.6 cm³/mol. The molecule has 0 aliphatic rings. The number of halogens is 1. The van der Waals surface area contributed by atoms with Crippen molar-refractivity contribution in [3.63, 3.8) is 0 Å². The molecule has 2 aromatic heterocycles. The van der Waals surface area contributed by atoms with Gasteiger partial charge in [0.2, 0.25) is 0 Å². The number of aryl methyl sites for hydroxylation is 1. The van der Waals surface area contributed by atoms with Gasteiger partial charge in [0.1, 0.15) is 17.8 Å². The van der Waals surface area contributed by atoms with Crippen LogP contribution in [0.3, 0.4) is 0 Å². The second kappa shape index (κ2) is 5.73. The molecule has 0 amide bonds. The Balaban J connectivity index is 2.17. The van der Waals surface area contributed by atoms with Crippen LogP contribution in [0.4, 0.5) is 0 Å². The molecule has 0 radical (unpaired) electrons. The molecule has 5 nitrogen and oxygen atoms in total. The maximum atomic E-state index is 12.1. The van der Waals surface area contributed by atoms with Gasteiger partial charge in [0.25, 0.3) is 0 Å². The van der Waals surface area contributed by atoms with Gasteiger partial charge in [-0.2, -0.15) is 5.10 Å². The lowest BCUT2D eigenvalue weighted by Gasteiger charge is -2.04. The van der Waals surface area contributed by atoms with Crippen molar-refractivity contribution >= 4 is 17.4 Å². The number of pyridine rings is 1. The lowest BCUT2D eigenvalue weighted by molar-refractivity contribution is 0.0984. The third-order valence-corrected chi connectivity index (χ3v) is 2.78. The molecule has 0 atom stereocenters. The molecule has 0 aromatic carbocycles. The maximum absolute atomic E-state index is 12.1. The van der Waals surface area contributed by atoms with E-state index >= 15 is 0 Å². The topological polar surface area (TPSA) is 60.7 Å². The SMILES string of the molecule is CCCn1ncnc1CC(=O)c1ncccc1Cl. The summed E-state index contributed by atoms with van der Waals surface area (Å²) in [7, 11) is 0. The summed E-state index contributed by atoms with van der Waals surface area (Å²) >= 11 is 5.93. The van der Waals surface area contributed by atoms with Crippen molar-refractivity contribution in [3.05, 3.63) is 41.2 Å². The number of nitrogens with zero attached hydrogens (tertiary/aromatic N) is 4. The van der Waals surface area contributed by atoms with Gasteiger partial charge < -0.3 is 0 Å². The molecule has 0 N–H and O–H groups in total. The van der Waals surface area contributed by atoms with Gasteiger partial charge in [-0.1, -0.05) is 18.5 Å². The first-order valence-corrected chi connectivity index (χ1v) is 6.10. The molecule has 0 spiro atoms. The molecule has 0 saturated heterocycles. The lowest BCUT2D eigenvalue weighted by atomic mass is 10.2. The minimum absolute atomic E-state index is 0.147. The van der Waals surface area contributed by atoms with E-state index in [4.69, 9.17) is 11.6 Å². The van der Waals surface area contributed by atoms with Crippen LogP contribution in [0.25, 0.3) is 0 Å². The molecule has 2 rings (SSSR count). The summed E-state index contributed by atoms with van der Waals surface area (Å²) in [6.07, 6.45) is 4.11. The Morgan fingerprint density at radius 1 is 1.44 bits per heavy atom. The normalized spacial score (nSPS) is 10.6. The summed E-state index contributed by atoms with van der Waals surface area (Å²) in [5.74, 6) is 0.495. The second-order valence-electron chi connectivity index (χ2n) is 3.83. The van der Waals surface area contributed by atoms with Crippen molar-refractivity contribution in [3.8, 4) is 0 Å². The fourth-order valence-electron chi connectivity index (χ4n) is 1.64. The van der Waals surface area contributed by atoms with Gasteiger partial charge in [0.05, 0.1) is 11.4 Å². The Labute approximate surface area is 110 Å². The summed E-state index contributed by atoms with van der Waals surface area (Å²) in [6.45, 7) is 2.79. The number of hydrogen-bond donors (Lipinski definition) is 0. The molecule has 0 aliphatic heterocycles. The van der Waals surface area contributed by atoms with Crippen LogP contribution in [0.2, 0.25) is 5.02 Å². The van der Waals surface area contributed by atoms with E-state index in [1.165, 1.54) is 6.33 Å². The molecule has 0 aliphatic carbocycles. The van der Waals surface area contributed by atoms with E-state index in [2.05, 4.69) is 15.1 Å². The van der Waals surface area contributed by atoms with Gasteiger partial charge >= 0.3 is 0 Å². The first-order chi connectivity index (χ1) is 8.72. The zero-order valence-corrected chi connectivity index (χ0v) is 10.8. The quantitative estimate of drug-likeness (QED) is 0.777. The molecule has 2 aromatic rings. The summed E-state index contributed by atoms with van der Waals surface area (Å²) in [6, 6.07) is 3.34. The maximum Gasteiger partial charge on any atom is 0.190 e. The largest absolute Gasteiger partial charge is 0.292 e. The number of carbonyl (C=O) groups excluding carboxylic acids is 1. The number of aromatic nitrogens is 4. The van der Waals surface area contributed by atoms with Crippen molar-refractivity contribution in [1.29, 1.82) is 0 Å². The van der Waals surface area contributed by atoms with E-state index in [-0.39, 0.29) is 17.9 Å². The Morgan fingerprint density at radius 3 is 3.00 bits per heavy atom. The highest BCUT2D eigenvalue weighted by Gasteiger charge is 2.15. The van der Waals surface area contributed by atoms with Gasteiger partial charge in [-0.05, 0) is 18.6 Å². The standard InChI is InChI=1S/C12H13ClN4O/c1-2-6-17-11(15-8-16-17)7-10(18)12-9(13)4-3-5-14-12/h3-5,8H,2,6-7H2,1H3. The van der Waals surface area contributed by atoms with Gasteiger partial charge in [-0.15, -0.1) is 0 Å². The second-order valence-corrected chi connectivity index (χ2v) is 4.24. The van der Waals surface area contributed by atoms with Crippen LogP contribution in [-0.2, 0) is 13.0 Å². The van der Waals surface area contributed by atoms with Crippen LogP contribution >= 0.6 is 11.6 Å². The number of hydrogen-bond acceptors (Lipinski definition) is 4. The minimum Gasteiger partial charge on any atom is -0.292 e. The Kier molecular flexibility index (Phi) is 4.04. The predicted octanol–water partition coefficient (Wildman–Crippen LogP) is 2.16. The molecule has 94 valence electrons. The Morgan fingerprint density at radius 2 is 2.28 bits per heavy atom. The summed E-state index contributed by atoms with van der Waals surface area (Å²) in [5, 5.41) is 4.44. The minimum atomic E-state index is -0.147. The fraction of sp³-hybridized carbons (Fsp3) is 0.333. The average molecular weight is 265 g/mol. The smallest absolute Gasteiger partial charge is 0.190 e. The van der Waals surface area contributed by atoms with E-state index in [9.17, 15) is 4.79 Å². The lowest BCUT2D eigenvalue weighted by Crippen LogP contribution is -2.13. The number of ketones is 1. The van der Waals surface area contributed by atoms with Crippen molar-refractivity contribution in [2.75, 3.05) is 0 Å². The van der Waals surface area contributed by atoms with Crippen LogP contribution in [0.5, 0.6) is 0 Å². The van der Waals surface area contributed by atoms with Gasteiger partial charge in [-0.25, -0.2) is 9.67 Å². The Bertz CT molecular complexity index is 553. The molecule has 0 unspecified atom stereocenters. The molecule has 0 saturated carbocycles. The van der Waals surface area contributed by atoms with Crippen LogP contribution in [0.1, 0.15) is 29.7 Å². The van der Waals surface area contributed by atoms with Gasteiger partial charge in [-0.3, -0.25) is 9.78 Å². The van der Waals surface area contributed by atoms with Crippen molar-refractivity contribution in [2.45, 2.75) is 26.3 Å². The number of Topliss-reactive ketones (excluding diaryl/α,β-unsaturated/α-hetero) is 1. The molecule has 2 heterocycles. The van der Waals surface area contributed by atoms with Gasteiger partial charge in [0, 0.05) is 12.7 Å².